The van der Waals surface area contributed by atoms with Crippen LogP contribution in [0.4, 0.5) is 0 Å². The van der Waals surface area contributed by atoms with Gasteiger partial charge in [0, 0.05) is 51.8 Å². The molecule has 2 atom stereocenters. The summed E-state index contributed by atoms with van der Waals surface area (Å²) in [5, 5.41) is 3.47. The van der Waals surface area contributed by atoms with Gasteiger partial charge in [-0.1, -0.05) is 31.2 Å². The zero-order valence-corrected chi connectivity index (χ0v) is 20.0. The fraction of sp³-hybridized carbons (Fsp3) is 0.682. The zero-order chi connectivity index (χ0) is 19.1. The maximum atomic E-state index is 5.53. The second-order valence-corrected chi connectivity index (χ2v) is 7.86. The number of ether oxygens (including phenoxy) is 1. The van der Waals surface area contributed by atoms with Crippen LogP contribution in [0.15, 0.2) is 29.3 Å². The lowest BCUT2D eigenvalue weighted by atomic mass is 9.98. The molecule has 2 aliphatic heterocycles. The Morgan fingerprint density at radius 1 is 1.32 bits per heavy atom. The summed E-state index contributed by atoms with van der Waals surface area (Å²) in [7, 11) is 2.15. The minimum Gasteiger partial charge on any atom is -0.381 e. The van der Waals surface area contributed by atoms with Crippen molar-refractivity contribution >= 4 is 29.9 Å². The van der Waals surface area contributed by atoms with Gasteiger partial charge in [0.15, 0.2) is 5.96 Å². The third-order valence-electron chi connectivity index (χ3n) is 5.85. The molecule has 3 rings (SSSR count). The standard InChI is InChI=1S/C22H36N4O.HI/c1-4-21(26-12-10-19-8-6-7-9-20(19)16-26)14-24-22(23-5-2)25(3)15-18-11-13-27-17-18;/h6-9,18,21H,4-5,10-17H2,1-3H3,(H,23,24);1H. The van der Waals surface area contributed by atoms with Crippen LogP contribution in [0.3, 0.4) is 0 Å². The summed E-state index contributed by atoms with van der Waals surface area (Å²) < 4.78 is 5.53. The summed E-state index contributed by atoms with van der Waals surface area (Å²) >= 11 is 0. The number of benzene rings is 1. The molecule has 6 heteroatoms. The minimum atomic E-state index is 0. The first kappa shape index (κ1) is 23.4. The lowest BCUT2D eigenvalue weighted by molar-refractivity contribution is 0.177. The van der Waals surface area contributed by atoms with E-state index in [1.165, 1.54) is 11.1 Å². The molecule has 1 fully saturated rings. The maximum absolute atomic E-state index is 5.53. The number of rotatable bonds is 7. The van der Waals surface area contributed by atoms with Gasteiger partial charge in [0.05, 0.1) is 13.2 Å². The number of halogens is 1. The van der Waals surface area contributed by atoms with E-state index in [-0.39, 0.29) is 24.0 Å². The summed E-state index contributed by atoms with van der Waals surface area (Å²) in [6, 6.07) is 9.36. The minimum absolute atomic E-state index is 0. The molecule has 0 amide bonds. The van der Waals surface area contributed by atoms with E-state index in [2.05, 4.69) is 60.3 Å². The van der Waals surface area contributed by atoms with Crippen molar-refractivity contribution in [2.75, 3.05) is 46.4 Å². The number of hydrogen-bond donors (Lipinski definition) is 1. The summed E-state index contributed by atoms with van der Waals surface area (Å²) in [6.45, 7) is 11.2. The highest BCUT2D eigenvalue weighted by atomic mass is 127. The van der Waals surface area contributed by atoms with E-state index in [4.69, 9.17) is 9.73 Å². The van der Waals surface area contributed by atoms with Crippen molar-refractivity contribution in [1.82, 2.24) is 15.1 Å². The molecule has 158 valence electrons. The van der Waals surface area contributed by atoms with Gasteiger partial charge in [-0.25, -0.2) is 0 Å². The number of nitrogens with one attached hydrogen (secondary N) is 1. The Morgan fingerprint density at radius 3 is 2.79 bits per heavy atom. The Bertz CT molecular complexity index is 618. The molecule has 2 aliphatic rings. The highest BCUT2D eigenvalue weighted by Gasteiger charge is 2.23. The van der Waals surface area contributed by atoms with Crippen LogP contribution in [0.25, 0.3) is 0 Å². The predicted molar refractivity (Wildman–Crippen MR) is 128 cm³/mol. The number of guanidine groups is 1. The topological polar surface area (TPSA) is 40.1 Å². The first-order valence-electron chi connectivity index (χ1n) is 10.6. The quantitative estimate of drug-likeness (QED) is 0.354. The van der Waals surface area contributed by atoms with Crippen LogP contribution in [0, 0.1) is 5.92 Å². The first-order chi connectivity index (χ1) is 13.2. The van der Waals surface area contributed by atoms with Gasteiger partial charge in [0.1, 0.15) is 0 Å². The molecule has 1 N–H and O–H groups in total. The molecule has 0 aromatic heterocycles. The molecule has 0 saturated carbocycles. The van der Waals surface area contributed by atoms with E-state index >= 15 is 0 Å². The van der Waals surface area contributed by atoms with E-state index in [0.717, 1.165) is 71.2 Å². The van der Waals surface area contributed by atoms with Crippen LogP contribution in [0.2, 0.25) is 0 Å². The number of hydrogen-bond acceptors (Lipinski definition) is 3. The molecule has 1 aromatic rings. The molecule has 5 nitrogen and oxygen atoms in total. The van der Waals surface area contributed by atoms with Crippen LogP contribution in [-0.2, 0) is 17.7 Å². The predicted octanol–water partition coefficient (Wildman–Crippen LogP) is 3.38. The lowest BCUT2D eigenvalue weighted by Crippen LogP contribution is -2.44. The summed E-state index contributed by atoms with van der Waals surface area (Å²) in [4.78, 5) is 9.90. The third-order valence-corrected chi connectivity index (χ3v) is 5.85. The molecule has 1 aromatic carbocycles. The average molecular weight is 500 g/mol. The van der Waals surface area contributed by atoms with Crippen molar-refractivity contribution in [3.05, 3.63) is 35.4 Å². The number of aliphatic imine (C=N–C) groups is 1. The van der Waals surface area contributed by atoms with Gasteiger partial charge in [-0.15, -0.1) is 24.0 Å². The van der Waals surface area contributed by atoms with Crippen LogP contribution in [0.5, 0.6) is 0 Å². The van der Waals surface area contributed by atoms with Gasteiger partial charge in [0.2, 0.25) is 0 Å². The molecular weight excluding hydrogens is 463 g/mol. The van der Waals surface area contributed by atoms with Gasteiger partial charge < -0.3 is 15.0 Å². The van der Waals surface area contributed by atoms with Crippen molar-refractivity contribution in [3.8, 4) is 0 Å². The zero-order valence-electron chi connectivity index (χ0n) is 17.7. The van der Waals surface area contributed by atoms with E-state index < -0.39 is 0 Å². The normalized spacial score (nSPS) is 21.0. The monoisotopic (exact) mass is 500 g/mol. The molecule has 0 aliphatic carbocycles. The van der Waals surface area contributed by atoms with Gasteiger partial charge in [-0.05, 0) is 37.3 Å². The van der Waals surface area contributed by atoms with E-state index in [1.807, 2.05) is 0 Å². The fourth-order valence-corrected chi connectivity index (χ4v) is 4.19. The Morgan fingerprint density at radius 2 is 2.11 bits per heavy atom. The van der Waals surface area contributed by atoms with Gasteiger partial charge >= 0.3 is 0 Å². The SMILES string of the molecule is CCNC(=NCC(CC)N1CCc2ccccc2C1)N(C)CC1CCOC1.I. The van der Waals surface area contributed by atoms with Crippen molar-refractivity contribution in [3.63, 3.8) is 0 Å². The van der Waals surface area contributed by atoms with Gasteiger partial charge in [0.25, 0.3) is 0 Å². The molecule has 0 bridgehead atoms. The Labute approximate surface area is 187 Å². The molecular formula is C22H37IN4O. The fourth-order valence-electron chi connectivity index (χ4n) is 4.19. The smallest absolute Gasteiger partial charge is 0.193 e. The molecule has 2 heterocycles. The second kappa shape index (κ2) is 12.0. The maximum Gasteiger partial charge on any atom is 0.193 e. The first-order valence-corrected chi connectivity index (χ1v) is 10.6. The van der Waals surface area contributed by atoms with E-state index in [9.17, 15) is 0 Å². The Kier molecular flexibility index (Phi) is 10.0. The Balaban J connectivity index is 0.00000280. The van der Waals surface area contributed by atoms with Gasteiger partial charge in [-0.3, -0.25) is 9.89 Å². The number of nitrogens with zero attached hydrogens (tertiary/aromatic N) is 3. The molecule has 1 saturated heterocycles. The average Bonchev–Trinajstić information content (AvgIpc) is 3.20. The van der Waals surface area contributed by atoms with Crippen molar-refractivity contribution in [1.29, 1.82) is 0 Å². The number of fused-ring (bicyclic) bond motifs is 1. The second-order valence-electron chi connectivity index (χ2n) is 7.86. The summed E-state index contributed by atoms with van der Waals surface area (Å²) in [5.41, 5.74) is 3.00. The van der Waals surface area contributed by atoms with Gasteiger partial charge in [-0.2, -0.15) is 0 Å². The van der Waals surface area contributed by atoms with Crippen LogP contribution < -0.4 is 5.32 Å². The molecule has 28 heavy (non-hydrogen) atoms. The molecule has 0 spiro atoms. The Hall–Kier alpha value is -0.860. The van der Waals surface area contributed by atoms with E-state index in [0.29, 0.717) is 12.0 Å². The van der Waals surface area contributed by atoms with Crippen LogP contribution in [-0.4, -0.2) is 68.2 Å². The van der Waals surface area contributed by atoms with Crippen molar-refractivity contribution in [2.45, 2.75) is 45.7 Å². The third kappa shape index (κ3) is 6.32. The molecule has 2 unspecified atom stereocenters. The summed E-state index contributed by atoms with van der Waals surface area (Å²) in [6.07, 6.45) is 3.44. The van der Waals surface area contributed by atoms with Crippen LogP contribution >= 0.6 is 24.0 Å². The lowest BCUT2D eigenvalue weighted by Gasteiger charge is -2.35. The van der Waals surface area contributed by atoms with E-state index in [1.54, 1.807) is 0 Å². The van der Waals surface area contributed by atoms with Crippen molar-refractivity contribution < 1.29 is 4.74 Å². The van der Waals surface area contributed by atoms with Crippen LogP contribution in [0.1, 0.15) is 37.8 Å². The highest BCUT2D eigenvalue weighted by Crippen LogP contribution is 2.21. The summed E-state index contributed by atoms with van der Waals surface area (Å²) in [5.74, 6) is 1.65. The largest absolute Gasteiger partial charge is 0.381 e. The molecule has 0 radical (unpaired) electrons. The van der Waals surface area contributed by atoms with Crippen molar-refractivity contribution in [2.24, 2.45) is 10.9 Å². The highest BCUT2D eigenvalue weighted by molar-refractivity contribution is 14.0.